The quantitative estimate of drug-likeness (QED) is 0.874. The first-order valence-electron chi connectivity index (χ1n) is 5.84. The standard InChI is InChI=1S/C14H14N2O2S/c1-8-13(19-10(3)15-8)14(18)16-12-7-5-4-6-11(12)9(2)17/h4-7H,1-3H3,(H,16,18). The number of nitrogens with zero attached hydrogens (tertiary/aromatic N) is 1. The minimum absolute atomic E-state index is 0.0758. The van der Waals surface area contributed by atoms with Gasteiger partial charge in [0, 0.05) is 5.56 Å². The van der Waals surface area contributed by atoms with E-state index in [0.717, 1.165) is 5.01 Å². The molecule has 0 unspecified atom stereocenters. The zero-order valence-electron chi connectivity index (χ0n) is 11.0. The first-order chi connectivity index (χ1) is 8.99. The van der Waals surface area contributed by atoms with Crippen LogP contribution in [0.15, 0.2) is 24.3 Å². The van der Waals surface area contributed by atoms with Gasteiger partial charge in [0.2, 0.25) is 0 Å². The predicted molar refractivity (Wildman–Crippen MR) is 76.0 cm³/mol. The second-order valence-corrected chi connectivity index (χ2v) is 5.41. The second kappa shape index (κ2) is 5.32. The molecule has 0 atom stereocenters. The summed E-state index contributed by atoms with van der Waals surface area (Å²) < 4.78 is 0. The number of aryl methyl sites for hydroxylation is 2. The molecule has 19 heavy (non-hydrogen) atoms. The number of thiazole rings is 1. The molecule has 0 aliphatic carbocycles. The van der Waals surface area contributed by atoms with Crippen LogP contribution in [0.3, 0.4) is 0 Å². The highest BCUT2D eigenvalue weighted by molar-refractivity contribution is 7.13. The zero-order valence-corrected chi connectivity index (χ0v) is 11.8. The Morgan fingerprint density at radius 2 is 1.89 bits per heavy atom. The number of anilines is 1. The van der Waals surface area contributed by atoms with Crippen molar-refractivity contribution in [2.45, 2.75) is 20.8 Å². The molecule has 0 bridgehead atoms. The summed E-state index contributed by atoms with van der Waals surface area (Å²) in [5, 5.41) is 3.62. The molecule has 0 aliphatic heterocycles. The number of benzene rings is 1. The number of ketones is 1. The van der Waals surface area contributed by atoms with Gasteiger partial charge in [-0.15, -0.1) is 11.3 Å². The van der Waals surface area contributed by atoms with Crippen LogP contribution < -0.4 is 5.32 Å². The largest absolute Gasteiger partial charge is 0.321 e. The van der Waals surface area contributed by atoms with Gasteiger partial charge in [-0.3, -0.25) is 9.59 Å². The Balaban J connectivity index is 2.29. The van der Waals surface area contributed by atoms with E-state index in [9.17, 15) is 9.59 Å². The van der Waals surface area contributed by atoms with E-state index in [0.29, 0.717) is 21.8 Å². The number of rotatable bonds is 3. The minimum Gasteiger partial charge on any atom is -0.321 e. The Morgan fingerprint density at radius 1 is 1.21 bits per heavy atom. The number of nitrogens with one attached hydrogen (secondary N) is 1. The number of carbonyl (C=O) groups excluding carboxylic acids is 2. The van der Waals surface area contributed by atoms with Crippen LogP contribution in [0.4, 0.5) is 5.69 Å². The third-order valence-corrected chi connectivity index (χ3v) is 3.74. The van der Waals surface area contributed by atoms with Gasteiger partial charge in [-0.1, -0.05) is 12.1 Å². The minimum atomic E-state index is -0.225. The lowest BCUT2D eigenvalue weighted by Gasteiger charge is -2.08. The maximum atomic E-state index is 12.2. The lowest BCUT2D eigenvalue weighted by atomic mass is 10.1. The first-order valence-corrected chi connectivity index (χ1v) is 6.66. The van der Waals surface area contributed by atoms with E-state index in [1.807, 2.05) is 6.92 Å². The van der Waals surface area contributed by atoms with Crippen LogP contribution in [0.1, 0.15) is 37.7 Å². The fourth-order valence-electron chi connectivity index (χ4n) is 1.82. The monoisotopic (exact) mass is 274 g/mol. The maximum Gasteiger partial charge on any atom is 0.267 e. The summed E-state index contributed by atoms with van der Waals surface area (Å²) in [6.07, 6.45) is 0. The molecule has 0 spiro atoms. The molecule has 1 aromatic carbocycles. The number of aromatic nitrogens is 1. The van der Waals surface area contributed by atoms with E-state index >= 15 is 0 Å². The molecule has 1 amide bonds. The van der Waals surface area contributed by atoms with E-state index in [1.165, 1.54) is 18.3 Å². The molecular weight excluding hydrogens is 260 g/mol. The van der Waals surface area contributed by atoms with Crippen molar-refractivity contribution in [2.24, 2.45) is 0 Å². The van der Waals surface area contributed by atoms with Gasteiger partial charge in [-0.05, 0) is 32.9 Å². The second-order valence-electron chi connectivity index (χ2n) is 4.20. The lowest BCUT2D eigenvalue weighted by molar-refractivity contribution is 0.101. The highest BCUT2D eigenvalue weighted by Gasteiger charge is 2.16. The van der Waals surface area contributed by atoms with Crippen molar-refractivity contribution in [3.05, 3.63) is 45.4 Å². The van der Waals surface area contributed by atoms with E-state index in [2.05, 4.69) is 10.3 Å². The van der Waals surface area contributed by atoms with Crippen molar-refractivity contribution in [3.8, 4) is 0 Å². The number of para-hydroxylation sites is 1. The number of amides is 1. The van der Waals surface area contributed by atoms with Crippen molar-refractivity contribution >= 4 is 28.7 Å². The Bertz CT molecular complexity index is 647. The molecule has 0 radical (unpaired) electrons. The lowest BCUT2D eigenvalue weighted by Crippen LogP contribution is -2.14. The molecular formula is C14H14N2O2S. The molecule has 1 heterocycles. The first kappa shape index (κ1) is 13.4. The van der Waals surface area contributed by atoms with Crippen molar-refractivity contribution < 1.29 is 9.59 Å². The molecule has 2 aromatic rings. The van der Waals surface area contributed by atoms with E-state index in [4.69, 9.17) is 0 Å². The van der Waals surface area contributed by atoms with Crippen molar-refractivity contribution in [3.63, 3.8) is 0 Å². The highest BCUT2D eigenvalue weighted by Crippen LogP contribution is 2.21. The summed E-state index contributed by atoms with van der Waals surface area (Å²) >= 11 is 1.35. The van der Waals surface area contributed by atoms with Crippen LogP contribution in [-0.4, -0.2) is 16.7 Å². The molecule has 1 N–H and O–H groups in total. The third-order valence-electron chi connectivity index (χ3n) is 2.66. The molecule has 4 nitrogen and oxygen atoms in total. The molecule has 0 saturated carbocycles. The summed E-state index contributed by atoms with van der Waals surface area (Å²) in [5.74, 6) is -0.301. The van der Waals surface area contributed by atoms with Crippen LogP contribution in [0, 0.1) is 13.8 Å². The number of carbonyl (C=O) groups is 2. The van der Waals surface area contributed by atoms with Crippen molar-refractivity contribution in [1.29, 1.82) is 0 Å². The van der Waals surface area contributed by atoms with E-state index in [-0.39, 0.29) is 11.7 Å². The van der Waals surface area contributed by atoms with Crippen molar-refractivity contribution in [1.82, 2.24) is 4.98 Å². The number of hydrogen-bond acceptors (Lipinski definition) is 4. The number of hydrogen-bond donors (Lipinski definition) is 1. The molecule has 5 heteroatoms. The highest BCUT2D eigenvalue weighted by atomic mass is 32.1. The summed E-state index contributed by atoms with van der Waals surface area (Å²) in [6, 6.07) is 6.97. The Kier molecular flexibility index (Phi) is 3.76. The molecule has 1 aromatic heterocycles. The average molecular weight is 274 g/mol. The average Bonchev–Trinajstić information content (AvgIpc) is 2.69. The van der Waals surface area contributed by atoms with Gasteiger partial charge in [-0.2, -0.15) is 0 Å². The normalized spacial score (nSPS) is 10.3. The van der Waals surface area contributed by atoms with Gasteiger partial charge < -0.3 is 5.32 Å². The summed E-state index contributed by atoms with van der Waals surface area (Å²) in [4.78, 5) is 28.5. The van der Waals surface area contributed by atoms with Crippen LogP contribution in [0.25, 0.3) is 0 Å². The summed E-state index contributed by atoms with van der Waals surface area (Å²) in [7, 11) is 0. The maximum absolute atomic E-state index is 12.2. The van der Waals surface area contributed by atoms with Gasteiger partial charge in [0.05, 0.1) is 16.4 Å². The van der Waals surface area contributed by atoms with Crippen LogP contribution in [0.2, 0.25) is 0 Å². The fourth-order valence-corrected chi connectivity index (χ4v) is 2.64. The van der Waals surface area contributed by atoms with Crippen LogP contribution in [0.5, 0.6) is 0 Å². The SMILES string of the molecule is CC(=O)c1ccccc1NC(=O)c1sc(C)nc1C. The Labute approximate surface area is 115 Å². The van der Waals surface area contributed by atoms with E-state index < -0.39 is 0 Å². The molecule has 0 saturated heterocycles. The summed E-state index contributed by atoms with van der Waals surface area (Å²) in [5.41, 5.74) is 1.75. The fraction of sp³-hybridized carbons (Fsp3) is 0.214. The molecule has 0 aliphatic rings. The van der Waals surface area contributed by atoms with Gasteiger partial charge in [0.25, 0.3) is 5.91 Å². The number of Topliss-reactive ketones (excluding diaryl/α,β-unsaturated/α-hetero) is 1. The topological polar surface area (TPSA) is 59.1 Å². The zero-order chi connectivity index (χ0) is 14.0. The summed E-state index contributed by atoms with van der Waals surface area (Å²) in [6.45, 7) is 5.14. The van der Waals surface area contributed by atoms with Crippen LogP contribution >= 0.6 is 11.3 Å². The Morgan fingerprint density at radius 3 is 2.47 bits per heavy atom. The van der Waals surface area contributed by atoms with Gasteiger partial charge in [0.1, 0.15) is 4.88 Å². The Hall–Kier alpha value is -2.01. The van der Waals surface area contributed by atoms with Gasteiger partial charge in [0.15, 0.2) is 5.78 Å². The van der Waals surface area contributed by atoms with Gasteiger partial charge >= 0.3 is 0 Å². The van der Waals surface area contributed by atoms with E-state index in [1.54, 1.807) is 31.2 Å². The molecule has 0 fully saturated rings. The van der Waals surface area contributed by atoms with Crippen molar-refractivity contribution in [2.75, 3.05) is 5.32 Å². The third kappa shape index (κ3) is 2.88. The predicted octanol–water partition coefficient (Wildman–Crippen LogP) is 3.21. The van der Waals surface area contributed by atoms with Gasteiger partial charge in [-0.25, -0.2) is 4.98 Å². The molecule has 98 valence electrons. The smallest absolute Gasteiger partial charge is 0.267 e. The van der Waals surface area contributed by atoms with Crippen LogP contribution in [-0.2, 0) is 0 Å². The molecule has 2 rings (SSSR count).